The third kappa shape index (κ3) is 6.58. The van der Waals surface area contributed by atoms with Crippen LogP contribution in [-0.2, 0) is 4.74 Å². The Kier molecular flexibility index (Phi) is 10.0. The molecule has 0 bridgehead atoms. The average molecular weight is 468 g/mol. The number of halogens is 3. The van der Waals surface area contributed by atoms with Crippen molar-refractivity contribution in [3.05, 3.63) is 29.8 Å². The van der Waals surface area contributed by atoms with E-state index in [0.717, 1.165) is 25.0 Å². The molecule has 0 amide bonds. The van der Waals surface area contributed by atoms with E-state index in [1.165, 1.54) is 12.1 Å². The lowest BCUT2D eigenvalue weighted by atomic mass is 10.2. The van der Waals surface area contributed by atoms with Gasteiger partial charge in [0.1, 0.15) is 11.6 Å². The first-order valence-electron chi connectivity index (χ1n) is 8.38. The van der Waals surface area contributed by atoms with Gasteiger partial charge < -0.3 is 19.9 Å². The summed E-state index contributed by atoms with van der Waals surface area (Å²) in [7, 11) is 1.68. The van der Waals surface area contributed by atoms with Crippen molar-refractivity contribution >= 4 is 35.6 Å². The Morgan fingerprint density at radius 1 is 1.24 bits per heavy atom. The molecule has 1 aromatic carbocycles. The van der Waals surface area contributed by atoms with E-state index in [1.54, 1.807) is 7.11 Å². The normalized spacial score (nSPS) is 15.1. The number of piperazine rings is 1. The van der Waals surface area contributed by atoms with Gasteiger partial charge in [0.05, 0.1) is 5.69 Å². The molecular weight excluding hydrogens is 441 g/mol. The molecular formula is C17H27F2IN4O. The number of anilines is 1. The van der Waals surface area contributed by atoms with Crippen LogP contribution in [0.25, 0.3) is 0 Å². The fraction of sp³-hybridized carbons (Fsp3) is 0.588. The molecule has 0 unspecified atom stereocenters. The van der Waals surface area contributed by atoms with Crippen molar-refractivity contribution in [3.63, 3.8) is 0 Å². The number of ether oxygens (including phenoxy) is 1. The number of guanidine groups is 1. The molecule has 0 aromatic heterocycles. The molecule has 1 aromatic rings. The quantitative estimate of drug-likeness (QED) is 0.302. The molecule has 0 saturated carbocycles. The molecule has 1 N–H and O–H groups in total. The molecule has 1 fully saturated rings. The standard InChI is InChI=1S/C17H26F2N4O.HI/c1-3-20-17(21-7-4-12-24-2)23-10-8-22(9-11-23)16-13-14(18)5-6-15(16)19;/h5-6,13H,3-4,7-12H2,1-2H3,(H,20,21);1H. The van der Waals surface area contributed by atoms with Crippen molar-refractivity contribution in [3.8, 4) is 0 Å². The van der Waals surface area contributed by atoms with E-state index in [4.69, 9.17) is 4.74 Å². The van der Waals surface area contributed by atoms with Gasteiger partial charge in [-0.3, -0.25) is 4.99 Å². The van der Waals surface area contributed by atoms with E-state index in [2.05, 4.69) is 15.2 Å². The van der Waals surface area contributed by atoms with Crippen molar-refractivity contribution < 1.29 is 13.5 Å². The molecule has 1 aliphatic rings. The zero-order valence-corrected chi connectivity index (χ0v) is 17.1. The maximum absolute atomic E-state index is 13.9. The molecule has 2 rings (SSSR count). The average Bonchev–Trinajstić information content (AvgIpc) is 2.60. The molecule has 0 aliphatic carbocycles. The van der Waals surface area contributed by atoms with E-state index >= 15 is 0 Å². The third-order valence-electron chi connectivity index (χ3n) is 3.93. The number of hydrogen-bond acceptors (Lipinski definition) is 3. The molecule has 1 saturated heterocycles. The fourth-order valence-electron chi connectivity index (χ4n) is 2.71. The summed E-state index contributed by atoms with van der Waals surface area (Å²) >= 11 is 0. The van der Waals surface area contributed by atoms with Crippen molar-refractivity contribution in [1.29, 1.82) is 0 Å². The van der Waals surface area contributed by atoms with Crippen LogP contribution < -0.4 is 10.2 Å². The second kappa shape index (κ2) is 11.5. The lowest BCUT2D eigenvalue weighted by molar-refractivity contribution is 0.197. The van der Waals surface area contributed by atoms with E-state index in [9.17, 15) is 8.78 Å². The summed E-state index contributed by atoms with van der Waals surface area (Å²) in [5.41, 5.74) is 0.330. The van der Waals surface area contributed by atoms with Crippen LogP contribution in [0.5, 0.6) is 0 Å². The highest BCUT2D eigenvalue weighted by Gasteiger charge is 2.21. The zero-order chi connectivity index (χ0) is 17.4. The molecule has 25 heavy (non-hydrogen) atoms. The predicted octanol–water partition coefficient (Wildman–Crippen LogP) is 2.71. The van der Waals surface area contributed by atoms with Gasteiger partial charge in [-0.2, -0.15) is 0 Å². The first-order valence-corrected chi connectivity index (χ1v) is 8.38. The topological polar surface area (TPSA) is 40.1 Å². The summed E-state index contributed by atoms with van der Waals surface area (Å²) in [6, 6.07) is 3.58. The number of nitrogens with zero attached hydrogens (tertiary/aromatic N) is 3. The lowest BCUT2D eigenvalue weighted by Gasteiger charge is -2.37. The Balaban J connectivity index is 0.00000312. The van der Waals surface area contributed by atoms with E-state index in [-0.39, 0.29) is 29.8 Å². The molecule has 1 aliphatic heterocycles. The maximum atomic E-state index is 13.9. The van der Waals surface area contributed by atoms with Crippen LogP contribution in [0.4, 0.5) is 14.5 Å². The van der Waals surface area contributed by atoms with Crippen molar-refractivity contribution in [2.45, 2.75) is 13.3 Å². The summed E-state index contributed by atoms with van der Waals surface area (Å²) in [5.74, 6) is 0.0693. The van der Waals surface area contributed by atoms with Gasteiger partial charge in [-0.15, -0.1) is 24.0 Å². The van der Waals surface area contributed by atoms with Crippen molar-refractivity contribution in [1.82, 2.24) is 10.2 Å². The van der Waals surface area contributed by atoms with Crippen molar-refractivity contribution in [2.75, 3.05) is 57.9 Å². The minimum Gasteiger partial charge on any atom is -0.385 e. The fourth-order valence-corrected chi connectivity index (χ4v) is 2.71. The highest BCUT2D eigenvalue weighted by Crippen LogP contribution is 2.21. The Hall–Kier alpha value is -1.16. The molecule has 0 atom stereocenters. The summed E-state index contributed by atoms with van der Waals surface area (Å²) in [6.45, 7) is 6.90. The van der Waals surface area contributed by atoms with Gasteiger partial charge in [0.15, 0.2) is 5.96 Å². The number of aliphatic imine (C=N–C) groups is 1. The number of benzene rings is 1. The number of methoxy groups -OCH3 is 1. The number of nitrogens with one attached hydrogen (secondary N) is 1. The lowest BCUT2D eigenvalue weighted by Crippen LogP contribution is -2.52. The van der Waals surface area contributed by atoms with Gasteiger partial charge in [0.2, 0.25) is 0 Å². The van der Waals surface area contributed by atoms with Gasteiger partial charge in [-0.1, -0.05) is 0 Å². The smallest absolute Gasteiger partial charge is 0.194 e. The van der Waals surface area contributed by atoms with Crippen LogP contribution in [0, 0.1) is 11.6 Å². The van der Waals surface area contributed by atoms with Crippen LogP contribution in [0.3, 0.4) is 0 Å². The van der Waals surface area contributed by atoms with Gasteiger partial charge >= 0.3 is 0 Å². The summed E-state index contributed by atoms with van der Waals surface area (Å²) in [5, 5.41) is 3.29. The van der Waals surface area contributed by atoms with Crippen LogP contribution in [0.15, 0.2) is 23.2 Å². The van der Waals surface area contributed by atoms with E-state index in [0.29, 0.717) is 45.0 Å². The first kappa shape index (κ1) is 21.9. The molecule has 0 radical (unpaired) electrons. The first-order chi connectivity index (χ1) is 11.7. The minimum atomic E-state index is -0.415. The summed E-state index contributed by atoms with van der Waals surface area (Å²) in [4.78, 5) is 8.64. The molecule has 5 nitrogen and oxygen atoms in total. The Bertz CT molecular complexity index is 551. The largest absolute Gasteiger partial charge is 0.385 e. The van der Waals surface area contributed by atoms with Crippen LogP contribution >= 0.6 is 24.0 Å². The third-order valence-corrected chi connectivity index (χ3v) is 3.93. The Morgan fingerprint density at radius 2 is 1.96 bits per heavy atom. The molecule has 0 spiro atoms. The zero-order valence-electron chi connectivity index (χ0n) is 14.8. The number of hydrogen-bond donors (Lipinski definition) is 1. The second-order valence-corrected chi connectivity index (χ2v) is 5.65. The van der Waals surface area contributed by atoms with Gasteiger partial charge in [-0.05, 0) is 25.5 Å². The predicted molar refractivity (Wildman–Crippen MR) is 108 cm³/mol. The highest BCUT2D eigenvalue weighted by molar-refractivity contribution is 14.0. The molecule has 142 valence electrons. The van der Waals surface area contributed by atoms with E-state index in [1.807, 2.05) is 11.8 Å². The molecule has 1 heterocycles. The van der Waals surface area contributed by atoms with Crippen LogP contribution in [0.2, 0.25) is 0 Å². The number of rotatable bonds is 6. The highest BCUT2D eigenvalue weighted by atomic mass is 127. The molecule has 8 heteroatoms. The van der Waals surface area contributed by atoms with Gasteiger partial charge in [-0.25, -0.2) is 8.78 Å². The minimum absolute atomic E-state index is 0. The van der Waals surface area contributed by atoms with Gasteiger partial charge in [0.25, 0.3) is 0 Å². The Labute approximate surface area is 165 Å². The van der Waals surface area contributed by atoms with Gasteiger partial charge in [0, 0.05) is 59.1 Å². The van der Waals surface area contributed by atoms with Crippen LogP contribution in [0.1, 0.15) is 13.3 Å². The summed E-state index contributed by atoms with van der Waals surface area (Å²) < 4.78 is 32.3. The van der Waals surface area contributed by atoms with E-state index < -0.39 is 5.82 Å². The second-order valence-electron chi connectivity index (χ2n) is 5.65. The summed E-state index contributed by atoms with van der Waals surface area (Å²) in [6.07, 6.45) is 0.875. The Morgan fingerprint density at radius 3 is 2.60 bits per heavy atom. The monoisotopic (exact) mass is 468 g/mol. The maximum Gasteiger partial charge on any atom is 0.194 e. The van der Waals surface area contributed by atoms with Crippen molar-refractivity contribution in [2.24, 2.45) is 4.99 Å². The SMILES string of the molecule is CCNC(=NCCCOC)N1CCN(c2cc(F)ccc2F)CC1.I. The van der Waals surface area contributed by atoms with Crippen LogP contribution in [-0.4, -0.2) is 63.8 Å².